The molecule has 0 amide bonds. The Labute approximate surface area is 248 Å². The molecule has 196 valence electrons. The van der Waals surface area contributed by atoms with Crippen LogP contribution >= 0.6 is 0 Å². The van der Waals surface area contributed by atoms with Crippen LogP contribution in [0, 0.1) is 58.5 Å². The Morgan fingerprint density at radius 1 is 0.419 bits per heavy atom. The number of anilines is 3. The quantitative estimate of drug-likeness (QED) is 0.204. The van der Waals surface area contributed by atoms with Crippen LogP contribution in [-0.4, -0.2) is 0 Å². The summed E-state index contributed by atoms with van der Waals surface area (Å²) >= 11 is 0. The monoisotopic (exact) mass is 547 g/mol. The van der Waals surface area contributed by atoms with Gasteiger partial charge in [0.25, 0.3) is 0 Å². The molecule has 0 N–H and O–H groups in total. The summed E-state index contributed by atoms with van der Waals surface area (Å²) in [5.74, 6) is 0. The smallest absolute Gasteiger partial charge is 0.190 e. The van der Waals surface area contributed by atoms with Crippen LogP contribution in [-0.2, 0) is 0 Å². The highest BCUT2D eigenvalue weighted by Gasteiger charge is 2.16. The second-order valence-electron chi connectivity index (χ2n) is 9.41. The first-order chi connectivity index (χ1) is 21.0. The second kappa shape index (κ2) is 11.9. The Balaban J connectivity index is 1.61. The molecule has 0 bridgehead atoms. The van der Waals surface area contributed by atoms with E-state index in [1.54, 1.807) is 48.5 Å². The van der Waals surface area contributed by atoms with Crippen LogP contribution in [0.5, 0.6) is 0 Å². The van der Waals surface area contributed by atoms with E-state index in [2.05, 4.69) is 34.0 Å². The third-order valence-corrected chi connectivity index (χ3v) is 6.70. The Morgan fingerprint density at radius 3 is 1.26 bits per heavy atom. The molecule has 0 atom stereocenters. The lowest BCUT2D eigenvalue weighted by molar-refractivity contribution is 1.28. The fourth-order valence-corrected chi connectivity index (χ4v) is 4.74. The number of hydrogen-bond donors (Lipinski definition) is 0. The predicted octanol–water partition coefficient (Wildman–Crippen LogP) is 9.08. The zero-order valence-corrected chi connectivity index (χ0v) is 22.4. The molecular weight excluding hydrogens is 530 g/mol. The predicted molar refractivity (Wildman–Crippen MR) is 163 cm³/mol. The molecule has 0 aliphatic carbocycles. The minimum Gasteiger partial charge on any atom is -0.312 e. The molecule has 5 rings (SSSR count). The average Bonchev–Trinajstić information content (AvgIpc) is 3.08. The lowest BCUT2D eigenvalue weighted by Gasteiger charge is -2.26. The first-order valence-electron chi connectivity index (χ1n) is 12.8. The van der Waals surface area contributed by atoms with Crippen molar-refractivity contribution in [2.75, 3.05) is 4.90 Å². The van der Waals surface area contributed by atoms with Gasteiger partial charge in [-0.15, -0.1) is 0 Å². The lowest BCUT2D eigenvalue weighted by atomic mass is 9.99. The highest BCUT2D eigenvalue weighted by Crippen LogP contribution is 2.39. The number of benzene rings is 5. The van der Waals surface area contributed by atoms with Crippen molar-refractivity contribution < 1.29 is 0 Å². The Hall–Kier alpha value is -7.16. The van der Waals surface area contributed by atoms with Gasteiger partial charge >= 0.3 is 0 Å². The molecule has 5 aromatic carbocycles. The van der Waals surface area contributed by atoms with E-state index in [9.17, 15) is 21.0 Å². The summed E-state index contributed by atoms with van der Waals surface area (Å²) in [6.07, 6.45) is 0. The fraction of sp³-hybridized carbons (Fsp3) is 0. The normalized spacial score (nSPS) is 9.72. The first kappa shape index (κ1) is 27.4. The highest BCUT2D eigenvalue weighted by molar-refractivity contribution is 5.82. The maximum atomic E-state index is 9.64. The van der Waals surface area contributed by atoms with Gasteiger partial charge in [-0.3, -0.25) is 0 Å². The Bertz CT molecular complexity index is 1920. The third-order valence-electron chi connectivity index (χ3n) is 6.70. The molecular formula is C36H17N7. The standard InChI is InChI=1S/C36H17N7/c1-41-32-15-26(22-39)14-31(18-32)29-5-9-35(10-6-29)43(36-17-27(23-40)16-33(19-36)42-2)34-7-3-28(4-8-34)30-12-24(20-37)11-25(13-30)21-38/h3-19H. The second-order valence-corrected chi connectivity index (χ2v) is 9.41. The van der Waals surface area contributed by atoms with E-state index in [0.29, 0.717) is 39.3 Å². The largest absolute Gasteiger partial charge is 0.312 e. The summed E-state index contributed by atoms with van der Waals surface area (Å²) in [7, 11) is 0. The van der Waals surface area contributed by atoms with Crippen molar-refractivity contribution in [2.24, 2.45) is 0 Å². The zero-order chi connectivity index (χ0) is 30.3. The van der Waals surface area contributed by atoms with Gasteiger partial charge < -0.3 is 4.90 Å². The van der Waals surface area contributed by atoms with Crippen LogP contribution in [0.1, 0.15) is 22.3 Å². The van der Waals surface area contributed by atoms with Crippen LogP contribution in [0.4, 0.5) is 28.4 Å². The van der Waals surface area contributed by atoms with Gasteiger partial charge in [-0.2, -0.15) is 21.0 Å². The zero-order valence-electron chi connectivity index (χ0n) is 22.4. The molecule has 7 heteroatoms. The number of hydrogen-bond acceptors (Lipinski definition) is 5. The Morgan fingerprint density at radius 2 is 0.814 bits per heavy atom. The molecule has 0 saturated heterocycles. The molecule has 0 aliphatic heterocycles. The van der Waals surface area contributed by atoms with Crippen molar-refractivity contribution in [3.63, 3.8) is 0 Å². The van der Waals surface area contributed by atoms with E-state index in [-0.39, 0.29) is 0 Å². The number of rotatable bonds is 5. The van der Waals surface area contributed by atoms with Gasteiger partial charge in [0.05, 0.1) is 48.5 Å². The van der Waals surface area contributed by atoms with Gasteiger partial charge in [0, 0.05) is 28.2 Å². The first-order valence-corrected chi connectivity index (χ1v) is 12.8. The number of nitriles is 4. The van der Waals surface area contributed by atoms with Gasteiger partial charge in [0.1, 0.15) is 0 Å². The van der Waals surface area contributed by atoms with Gasteiger partial charge in [-0.05, 0) is 101 Å². The van der Waals surface area contributed by atoms with Gasteiger partial charge in [0.15, 0.2) is 11.4 Å². The SMILES string of the molecule is [C-]#[N+]c1cc(C#N)cc(-c2ccc(N(c3ccc(-c4cc(C#N)cc(C#N)c4)cc3)c3cc(C#N)cc([N+]#[C-])c3)cc2)c1. The van der Waals surface area contributed by atoms with Crippen LogP contribution in [0.2, 0.25) is 0 Å². The molecule has 0 fully saturated rings. The molecule has 0 spiro atoms. The molecule has 0 aliphatic rings. The van der Waals surface area contributed by atoms with E-state index in [1.165, 1.54) is 6.07 Å². The van der Waals surface area contributed by atoms with E-state index in [1.807, 2.05) is 53.4 Å². The maximum absolute atomic E-state index is 9.64. The summed E-state index contributed by atoms with van der Waals surface area (Å²) in [4.78, 5) is 8.95. The van der Waals surface area contributed by atoms with Crippen molar-refractivity contribution >= 4 is 28.4 Å². The van der Waals surface area contributed by atoms with Crippen molar-refractivity contribution in [3.05, 3.63) is 148 Å². The molecule has 0 aromatic heterocycles. The molecule has 5 aromatic rings. The molecule has 0 saturated carbocycles. The molecule has 0 heterocycles. The fourth-order valence-electron chi connectivity index (χ4n) is 4.74. The van der Waals surface area contributed by atoms with Crippen molar-refractivity contribution in [1.82, 2.24) is 0 Å². The van der Waals surface area contributed by atoms with Crippen molar-refractivity contribution in [1.29, 1.82) is 21.0 Å². The van der Waals surface area contributed by atoms with Gasteiger partial charge in [-0.1, -0.05) is 24.3 Å². The summed E-state index contributed by atoms with van der Waals surface area (Å²) in [5.41, 5.74) is 7.46. The summed E-state index contributed by atoms with van der Waals surface area (Å²) in [6.45, 7) is 14.9. The van der Waals surface area contributed by atoms with Crippen LogP contribution in [0.25, 0.3) is 31.9 Å². The van der Waals surface area contributed by atoms with Crippen molar-refractivity contribution in [3.8, 4) is 46.5 Å². The van der Waals surface area contributed by atoms with Gasteiger partial charge in [-0.25, -0.2) is 9.69 Å². The van der Waals surface area contributed by atoms with Crippen LogP contribution in [0.3, 0.4) is 0 Å². The Kier molecular flexibility index (Phi) is 7.60. The van der Waals surface area contributed by atoms with E-state index in [4.69, 9.17) is 13.1 Å². The molecule has 43 heavy (non-hydrogen) atoms. The van der Waals surface area contributed by atoms with E-state index < -0.39 is 0 Å². The molecule has 0 unspecified atom stereocenters. The van der Waals surface area contributed by atoms with E-state index in [0.717, 1.165) is 33.6 Å². The van der Waals surface area contributed by atoms with E-state index >= 15 is 0 Å². The minimum atomic E-state index is 0.324. The average molecular weight is 548 g/mol. The van der Waals surface area contributed by atoms with Crippen molar-refractivity contribution in [2.45, 2.75) is 0 Å². The number of nitrogens with zero attached hydrogens (tertiary/aromatic N) is 7. The highest BCUT2D eigenvalue weighted by atomic mass is 15.1. The van der Waals surface area contributed by atoms with Crippen LogP contribution < -0.4 is 4.90 Å². The summed E-state index contributed by atoms with van der Waals surface area (Å²) in [5, 5.41) is 37.8. The third kappa shape index (κ3) is 5.75. The minimum absolute atomic E-state index is 0.324. The maximum Gasteiger partial charge on any atom is 0.190 e. The summed E-state index contributed by atoms with van der Waals surface area (Å²) < 4.78 is 0. The summed E-state index contributed by atoms with van der Waals surface area (Å²) in [6, 6.07) is 38.5. The molecule has 7 nitrogen and oxygen atoms in total. The van der Waals surface area contributed by atoms with Crippen LogP contribution in [0.15, 0.2) is 103 Å². The van der Waals surface area contributed by atoms with Gasteiger partial charge in [0.2, 0.25) is 0 Å². The topological polar surface area (TPSA) is 107 Å². The molecule has 0 radical (unpaired) electrons. The lowest BCUT2D eigenvalue weighted by Crippen LogP contribution is -2.10.